The normalized spacial score (nSPS) is 18.3. The molecule has 1 unspecified atom stereocenters. The third-order valence-electron chi connectivity index (χ3n) is 3.83. The van der Waals surface area contributed by atoms with Crippen molar-refractivity contribution in [3.63, 3.8) is 0 Å². The quantitative estimate of drug-likeness (QED) is 0.838. The number of rotatable bonds is 5. The molecule has 0 amide bonds. The van der Waals surface area contributed by atoms with Gasteiger partial charge in [-0.05, 0) is 49.9 Å². The maximum absolute atomic E-state index is 12.0. The van der Waals surface area contributed by atoms with Gasteiger partial charge >= 0.3 is 6.61 Å². The molecule has 0 saturated heterocycles. The number of alkyl halides is 2. The van der Waals surface area contributed by atoms with E-state index < -0.39 is 6.61 Å². The van der Waals surface area contributed by atoms with Crippen molar-refractivity contribution in [1.82, 2.24) is 0 Å². The van der Waals surface area contributed by atoms with Crippen molar-refractivity contribution in [3.05, 3.63) is 24.3 Å². The summed E-state index contributed by atoms with van der Waals surface area (Å²) in [5.41, 5.74) is 0.958. The van der Waals surface area contributed by atoms with Crippen LogP contribution in [0, 0.1) is 5.92 Å². The van der Waals surface area contributed by atoms with Gasteiger partial charge in [-0.2, -0.15) is 8.78 Å². The van der Waals surface area contributed by atoms with Gasteiger partial charge in [-0.1, -0.05) is 19.3 Å². The van der Waals surface area contributed by atoms with Gasteiger partial charge in [0, 0.05) is 11.7 Å². The molecule has 19 heavy (non-hydrogen) atoms. The van der Waals surface area contributed by atoms with E-state index in [0.29, 0.717) is 12.0 Å². The smallest absolute Gasteiger partial charge is 0.387 e. The van der Waals surface area contributed by atoms with Gasteiger partial charge in [0.1, 0.15) is 5.75 Å². The minimum atomic E-state index is -2.76. The van der Waals surface area contributed by atoms with Gasteiger partial charge in [-0.25, -0.2) is 0 Å². The van der Waals surface area contributed by atoms with Crippen molar-refractivity contribution in [3.8, 4) is 5.75 Å². The number of ether oxygens (including phenoxy) is 1. The molecule has 0 aromatic heterocycles. The molecule has 106 valence electrons. The number of hydrogen-bond donors (Lipinski definition) is 1. The average Bonchev–Trinajstić information content (AvgIpc) is 2.41. The van der Waals surface area contributed by atoms with E-state index in [9.17, 15) is 8.78 Å². The summed E-state index contributed by atoms with van der Waals surface area (Å²) in [5.74, 6) is 0.914. The van der Waals surface area contributed by atoms with Crippen LogP contribution in [0.15, 0.2) is 24.3 Å². The Hall–Kier alpha value is -1.32. The van der Waals surface area contributed by atoms with Crippen molar-refractivity contribution in [2.75, 3.05) is 5.32 Å². The van der Waals surface area contributed by atoms with E-state index in [1.165, 1.54) is 32.1 Å². The molecular weight excluding hydrogens is 248 g/mol. The van der Waals surface area contributed by atoms with Crippen LogP contribution >= 0.6 is 0 Å². The summed E-state index contributed by atoms with van der Waals surface area (Å²) in [6, 6.07) is 7.14. The van der Waals surface area contributed by atoms with Crippen LogP contribution in [0.2, 0.25) is 0 Å². The van der Waals surface area contributed by atoms with Crippen LogP contribution < -0.4 is 10.1 Å². The molecule has 1 saturated carbocycles. The first kappa shape index (κ1) is 14.1. The van der Waals surface area contributed by atoms with Crippen molar-refractivity contribution in [2.24, 2.45) is 5.92 Å². The fourth-order valence-corrected chi connectivity index (χ4v) is 2.75. The van der Waals surface area contributed by atoms with Gasteiger partial charge in [0.2, 0.25) is 0 Å². The molecule has 0 radical (unpaired) electrons. The Morgan fingerprint density at radius 3 is 2.32 bits per heavy atom. The Balaban J connectivity index is 1.87. The van der Waals surface area contributed by atoms with Crippen LogP contribution in [0.25, 0.3) is 0 Å². The number of hydrogen-bond acceptors (Lipinski definition) is 2. The lowest BCUT2D eigenvalue weighted by Crippen LogP contribution is -2.27. The molecule has 0 heterocycles. The monoisotopic (exact) mass is 269 g/mol. The third-order valence-corrected chi connectivity index (χ3v) is 3.83. The predicted molar refractivity (Wildman–Crippen MR) is 72.7 cm³/mol. The molecule has 1 N–H and O–H groups in total. The highest BCUT2D eigenvalue weighted by Gasteiger charge is 2.19. The zero-order chi connectivity index (χ0) is 13.7. The molecule has 0 bridgehead atoms. The molecule has 1 aliphatic rings. The third kappa shape index (κ3) is 4.37. The fourth-order valence-electron chi connectivity index (χ4n) is 2.75. The zero-order valence-electron chi connectivity index (χ0n) is 11.2. The number of halogens is 2. The van der Waals surface area contributed by atoms with E-state index in [4.69, 9.17) is 0 Å². The summed E-state index contributed by atoms with van der Waals surface area (Å²) in [6.45, 7) is -0.570. The summed E-state index contributed by atoms with van der Waals surface area (Å²) in [7, 11) is 0. The van der Waals surface area contributed by atoms with Gasteiger partial charge < -0.3 is 10.1 Å². The minimum Gasteiger partial charge on any atom is -0.435 e. The second-order valence-electron chi connectivity index (χ2n) is 5.23. The highest BCUT2D eigenvalue weighted by molar-refractivity contribution is 5.47. The first-order valence-corrected chi connectivity index (χ1v) is 6.96. The van der Waals surface area contributed by atoms with E-state index in [0.717, 1.165) is 5.69 Å². The Kier molecular flexibility index (Phi) is 5.00. The molecule has 0 aliphatic heterocycles. The summed E-state index contributed by atoms with van der Waals surface area (Å²) < 4.78 is 28.4. The molecule has 1 aromatic rings. The molecule has 1 atom stereocenters. The second-order valence-corrected chi connectivity index (χ2v) is 5.23. The SMILES string of the molecule is CC(Nc1ccc(OC(F)F)cc1)C1CCCCC1. The highest BCUT2D eigenvalue weighted by Crippen LogP contribution is 2.28. The number of benzene rings is 1. The first-order valence-electron chi connectivity index (χ1n) is 6.96. The molecule has 1 fully saturated rings. The van der Waals surface area contributed by atoms with Gasteiger partial charge in [-0.15, -0.1) is 0 Å². The van der Waals surface area contributed by atoms with Gasteiger partial charge in [0.05, 0.1) is 0 Å². The second kappa shape index (κ2) is 6.73. The summed E-state index contributed by atoms with van der Waals surface area (Å²) in [4.78, 5) is 0. The maximum atomic E-state index is 12.0. The van der Waals surface area contributed by atoms with Crippen molar-refractivity contribution in [2.45, 2.75) is 51.7 Å². The standard InChI is InChI=1S/C15H21F2NO/c1-11(12-5-3-2-4-6-12)18-13-7-9-14(10-8-13)19-15(16)17/h7-12,15,18H,2-6H2,1H3. The molecule has 1 aliphatic carbocycles. The molecule has 2 rings (SSSR count). The van der Waals surface area contributed by atoms with Crippen molar-refractivity contribution < 1.29 is 13.5 Å². The molecule has 0 spiro atoms. The Morgan fingerprint density at radius 2 is 1.74 bits per heavy atom. The van der Waals surface area contributed by atoms with E-state index in [1.54, 1.807) is 24.3 Å². The lowest BCUT2D eigenvalue weighted by molar-refractivity contribution is -0.0498. The molecule has 2 nitrogen and oxygen atoms in total. The summed E-state index contributed by atoms with van der Waals surface area (Å²) in [5, 5.41) is 3.45. The van der Waals surface area contributed by atoms with Crippen LogP contribution in [0.5, 0.6) is 5.75 Å². The molecular formula is C15H21F2NO. The lowest BCUT2D eigenvalue weighted by atomic mass is 9.84. The number of anilines is 1. The van der Waals surface area contributed by atoms with Crippen molar-refractivity contribution in [1.29, 1.82) is 0 Å². The van der Waals surface area contributed by atoms with Crippen molar-refractivity contribution >= 4 is 5.69 Å². The first-order chi connectivity index (χ1) is 9.15. The van der Waals surface area contributed by atoms with E-state index in [2.05, 4.69) is 17.0 Å². The highest BCUT2D eigenvalue weighted by atomic mass is 19.3. The van der Waals surface area contributed by atoms with Gasteiger partial charge in [-0.3, -0.25) is 0 Å². The Morgan fingerprint density at radius 1 is 1.11 bits per heavy atom. The van der Waals surface area contributed by atoms with Crippen LogP contribution in [-0.2, 0) is 0 Å². The average molecular weight is 269 g/mol. The maximum Gasteiger partial charge on any atom is 0.387 e. The van der Waals surface area contributed by atoms with Crippen LogP contribution in [0.3, 0.4) is 0 Å². The van der Waals surface area contributed by atoms with Crippen LogP contribution in [0.4, 0.5) is 14.5 Å². The van der Waals surface area contributed by atoms with E-state index in [1.807, 2.05) is 0 Å². The van der Waals surface area contributed by atoms with Gasteiger partial charge in [0.15, 0.2) is 0 Å². The zero-order valence-corrected chi connectivity index (χ0v) is 11.2. The fraction of sp³-hybridized carbons (Fsp3) is 0.600. The minimum absolute atomic E-state index is 0.200. The molecule has 1 aromatic carbocycles. The topological polar surface area (TPSA) is 21.3 Å². The van der Waals surface area contributed by atoms with E-state index in [-0.39, 0.29) is 5.75 Å². The summed E-state index contributed by atoms with van der Waals surface area (Å²) >= 11 is 0. The number of nitrogens with one attached hydrogen (secondary N) is 1. The lowest BCUT2D eigenvalue weighted by Gasteiger charge is -2.29. The Labute approximate surface area is 113 Å². The predicted octanol–water partition coefficient (Wildman–Crippen LogP) is 4.67. The van der Waals surface area contributed by atoms with E-state index >= 15 is 0 Å². The Bertz CT molecular complexity index is 374. The van der Waals surface area contributed by atoms with Crippen LogP contribution in [0.1, 0.15) is 39.0 Å². The molecule has 4 heteroatoms. The summed E-state index contributed by atoms with van der Waals surface area (Å²) in [6.07, 6.45) is 6.54. The largest absolute Gasteiger partial charge is 0.435 e. The van der Waals surface area contributed by atoms with Crippen LogP contribution in [-0.4, -0.2) is 12.7 Å². The van der Waals surface area contributed by atoms with Gasteiger partial charge in [0.25, 0.3) is 0 Å².